The van der Waals surface area contributed by atoms with E-state index in [9.17, 15) is 5.11 Å². The summed E-state index contributed by atoms with van der Waals surface area (Å²) in [6.45, 7) is 3.86. The van der Waals surface area contributed by atoms with E-state index in [1.54, 1.807) is 12.1 Å². The summed E-state index contributed by atoms with van der Waals surface area (Å²) in [5, 5.41) is 20.3. The monoisotopic (exact) mass is 332 g/mol. The number of nitriles is 1. The van der Waals surface area contributed by atoms with Gasteiger partial charge in [0.25, 0.3) is 0 Å². The van der Waals surface area contributed by atoms with Crippen LogP contribution >= 0.6 is 15.9 Å². The molecule has 1 aromatic heterocycles. The van der Waals surface area contributed by atoms with Crippen LogP contribution in [0.3, 0.4) is 0 Å². The zero-order chi connectivity index (χ0) is 14.5. The largest absolute Gasteiger partial charge is 0.486 e. The Bertz CT molecular complexity index is 736. The van der Waals surface area contributed by atoms with Crippen LogP contribution in [-0.4, -0.2) is 20.5 Å². The molecule has 0 saturated carbocycles. The number of aromatic nitrogens is 1. The number of rotatable bonds is 0. The number of aliphatic hydroxyl groups excluding tert-OH is 1. The van der Waals surface area contributed by atoms with Gasteiger partial charge >= 0.3 is 0 Å². The smallest absolute Gasteiger partial charge is 0.141 e. The molecule has 2 atom stereocenters. The van der Waals surface area contributed by atoms with Gasteiger partial charge in [-0.2, -0.15) is 5.26 Å². The standard InChI is InChI=1S/C15H13BrN2O2/c1-15(2)14(16)13(19)12-9-4-3-8(7-17)18-10(9)5-6-11(12)20-15/h3-6,13-14,19H,1-2H3/t13-,14+/m1/s1. The maximum atomic E-state index is 10.6. The van der Waals surface area contributed by atoms with E-state index < -0.39 is 11.7 Å². The Labute approximate surface area is 125 Å². The van der Waals surface area contributed by atoms with Gasteiger partial charge in [0.15, 0.2) is 0 Å². The number of fused-ring (bicyclic) bond motifs is 3. The van der Waals surface area contributed by atoms with Gasteiger partial charge < -0.3 is 9.84 Å². The minimum Gasteiger partial charge on any atom is -0.486 e. The number of benzene rings is 1. The fraction of sp³-hybridized carbons (Fsp3) is 0.333. The molecule has 0 amide bonds. The molecule has 0 fully saturated rings. The van der Waals surface area contributed by atoms with Crippen LogP contribution in [0.5, 0.6) is 5.75 Å². The summed E-state index contributed by atoms with van der Waals surface area (Å²) in [7, 11) is 0. The molecule has 1 N–H and O–H groups in total. The highest BCUT2D eigenvalue weighted by molar-refractivity contribution is 9.09. The van der Waals surface area contributed by atoms with Crippen molar-refractivity contribution >= 4 is 26.8 Å². The van der Waals surface area contributed by atoms with Crippen molar-refractivity contribution in [3.05, 3.63) is 35.5 Å². The Morgan fingerprint density at radius 3 is 2.80 bits per heavy atom. The van der Waals surface area contributed by atoms with Gasteiger partial charge in [0.05, 0.1) is 16.4 Å². The molecule has 2 aromatic rings. The van der Waals surface area contributed by atoms with Crippen LogP contribution in [0.15, 0.2) is 24.3 Å². The summed E-state index contributed by atoms with van der Waals surface area (Å²) in [5.74, 6) is 0.664. The van der Waals surface area contributed by atoms with Crippen LogP contribution < -0.4 is 4.74 Å². The highest BCUT2D eigenvalue weighted by Gasteiger charge is 2.42. The second-order valence-corrected chi connectivity index (χ2v) is 6.39. The van der Waals surface area contributed by atoms with Crippen LogP contribution in [0.4, 0.5) is 0 Å². The van der Waals surface area contributed by atoms with Gasteiger partial charge in [0, 0.05) is 10.9 Å². The van der Waals surface area contributed by atoms with Crippen LogP contribution in [0.2, 0.25) is 0 Å². The summed E-state index contributed by atoms with van der Waals surface area (Å²) in [6, 6.07) is 9.09. The van der Waals surface area contributed by atoms with Gasteiger partial charge in [-0.3, -0.25) is 0 Å². The van der Waals surface area contributed by atoms with Gasteiger partial charge in [-0.25, -0.2) is 4.98 Å². The average Bonchev–Trinajstić information content (AvgIpc) is 2.43. The summed E-state index contributed by atoms with van der Waals surface area (Å²) >= 11 is 3.51. The third kappa shape index (κ3) is 1.88. The first-order valence-corrected chi connectivity index (χ1v) is 7.20. The first-order chi connectivity index (χ1) is 9.44. The Morgan fingerprint density at radius 1 is 1.35 bits per heavy atom. The van der Waals surface area contributed by atoms with Crippen molar-refractivity contribution in [3.63, 3.8) is 0 Å². The topological polar surface area (TPSA) is 66.1 Å². The Hall–Kier alpha value is -1.64. The number of nitrogens with zero attached hydrogens (tertiary/aromatic N) is 2. The summed E-state index contributed by atoms with van der Waals surface area (Å²) in [4.78, 5) is 4.04. The third-order valence-corrected chi connectivity index (χ3v) is 5.20. The third-order valence-electron chi connectivity index (χ3n) is 3.60. The molecule has 1 aromatic carbocycles. The van der Waals surface area contributed by atoms with Crippen LogP contribution in [-0.2, 0) is 0 Å². The van der Waals surface area contributed by atoms with Crippen molar-refractivity contribution < 1.29 is 9.84 Å². The zero-order valence-corrected chi connectivity index (χ0v) is 12.7. The molecule has 102 valence electrons. The Kier molecular flexibility index (Phi) is 2.96. The Morgan fingerprint density at radius 2 is 2.10 bits per heavy atom. The predicted molar refractivity (Wildman–Crippen MR) is 78.8 cm³/mol. The van der Waals surface area contributed by atoms with E-state index in [-0.39, 0.29) is 4.83 Å². The quantitative estimate of drug-likeness (QED) is 0.753. The molecule has 0 radical (unpaired) electrons. The van der Waals surface area contributed by atoms with Crippen molar-refractivity contribution in [2.45, 2.75) is 30.4 Å². The van der Waals surface area contributed by atoms with Crippen LogP contribution in [0.1, 0.15) is 31.2 Å². The fourth-order valence-corrected chi connectivity index (χ4v) is 2.89. The summed E-state index contributed by atoms with van der Waals surface area (Å²) < 4.78 is 5.97. The average molecular weight is 333 g/mol. The number of hydrogen-bond donors (Lipinski definition) is 1. The van der Waals surface area contributed by atoms with Crippen LogP contribution in [0.25, 0.3) is 10.9 Å². The predicted octanol–water partition coefficient (Wildman–Crippen LogP) is 3.07. The maximum Gasteiger partial charge on any atom is 0.141 e. The molecule has 20 heavy (non-hydrogen) atoms. The summed E-state index contributed by atoms with van der Waals surface area (Å²) in [5.41, 5.74) is 1.27. The molecule has 0 saturated heterocycles. The van der Waals surface area contributed by atoms with E-state index in [1.807, 2.05) is 32.0 Å². The lowest BCUT2D eigenvalue weighted by molar-refractivity contribution is 0.0236. The fourth-order valence-electron chi connectivity index (χ4n) is 2.53. The van der Waals surface area contributed by atoms with Crippen molar-refractivity contribution in [1.29, 1.82) is 5.26 Å². The normalized spacial score (nSPS) is 23.8. The highest BCUT2D eigenvalue weighted by Crippen LogP contribution is 2.45. The molecule has 3 rings (SSSR count). The first kappa shape index (κ1) is 13.3. The summed E-state index contributed by atoms with van der Waals surface area (Å²) in [6.07, 6.45) is -0.688. The molecule has 0 bridgehead atoms. The van der Waals surface area contributed by atoms with E-state index in [4.69, 9.17) is 10.00 Å². The number of pyridine rings is 1. The van der Waals surface area contributed by atoms with Gasteiger partial charge in [0.1, 0.15) is 23.1 Å². The molecule has 2 heterocycles. The molecule has 1 aliphatic rings. The number of alkyl halides is 1. The van der Waals surface area contributed by atoms with Crippen LogP contribution in [0, 0.1) is 11.3 Å². The lowest BCUT2D eigenvalue weighted by Crippen LogP contribution is -2.45. The first-order valence-electron chi connectivity index (χ1n) is 6.29. The minimum absolute atomic E-state index is 0.219. The minimum atomic E-state index is -0.688. The van der Waals surface area contributed by atoms with E-state index in [0.717, 1.165) is 10.9 Å². The van der Waals surface area contributed by atoms with Crippen molar-refractivity contribution in [2.75, 3.05) is 0 Å². The van der Waals surface area contributed by atoms with Gasteiger partial charge in [-0.05, 0) is 38.1 Å². The van der Waals surface area contributed by atoms with E-state index in [0.29, 0.717) is 17.0 Å². The van der Waals surface area contributed by atoms with E-state index in [1.165, 1.54) is 0 Å². The number of halogens is 1. The number of aliphatic hydroxyl groups is 1. The number of hydrogen-bond acceptors (Lipinski definition) is 4. The van der Waals surface area contributed by atoms with Crippen molar-refractivity contribution in [1.82, 2.24) is 4.98 Å². The van der Waals surface area contributed by atoms with Gasteiger partial charge in [0.2, 0.25) is 0 Å². The number of ether oxygens (including phenoxy) is 1. The molecular weight excluding hydrogens is 320 g/mol. The van der Waals surface area contributed by atoms with Gasteiger partial charge in [-0.15, -0.1) is 0 Å². The lowest BCUT2D eigenvalue weighted by atomic mass is 9.89. The Balaban J connectivity index is 2.27. The van der Waals surface area contributed by atoms with Gasteiger partial charge in [-0.1, -0.05) is 15.9 Å². The molecule has 0 spiro atoms. The highest BCUT2D eigenvalue weighted by atomic mass is 79.9. The molecule has 4 nitrogen and oxygen atoms in total. The van der Waals surface area contributed by atoms with E-state index in [2.05, 4.69) is 20.9 Å². The van der Waals surface area contributed by atoms with E-state index >= 15 is 0 Å². The molecule has 1 aliphatic heterocycles. The molecular formula is C15H13BrN2O2. The molecule has 0 unspecified atom stereocenters. The van der Waals surface area contributed by atoms with Crippen molar-refractivity contribution in [3.8, 4) is 11.8 Å². The zero-order valence-electron chi connectivity index (χ0n) is 11.1. The lowest BCUT2D eigenvalue weighted by Gasteiger charge is -2.40. The second kappa shape index (κ2) is 4.44. The molecule has 5 heteroatoms. The molecule has 0 aliphatic carbocycles. The SMILES string of the molecule is CC1(C)Oc2ccc3nc(C#N)ccc3c2[C@@H](O)[C@@H]1Br. The maximum absolute atomic E-state index is 10.6. The second-order valence-electron chi connectivity index (χ2n) is 5.40. The van der Waals surface area contributed by atoms with Crippen molar-refractivity contribution in [2.24, 2.45) is 0 Å².